The van der Waals surface area contributed by atoms with E-state index in [2.05, 4.69) is 62.1 Å². The molecule has 0 fully saturated rings. The number of benzene rings is 2. The van der Waals surface area contributed by atoms with Gasteiger partial charge in [-0.25, -0.2) is 0 Å². The van der Waals surface area contributed by atoms with Gasteiger partial charge in [0.05, 0.1) is 0 Å². The van der Waals surface area contributed by atoms with Crippen molar-refractivity contribution in [2.75, 3.05) is 18.5 Å². The lowest BCUT2D eigenvalue weighted by atomic mass is 9.90. The van der Waals surface area contributed by atoms with Crippen molar-refractivity contribution < 1.29 is 4.79 Å². The summed E-state index contributed by atoms with van der Waals surface area (Å²) < 4.78 is 0. The lowest BCUT2D eigenvalue weighted by Gasteiger charge is -2.24. The quantitative estimate of drug-likeness (QED) is 0.191. The van der Waals surface area contributed by atoms with Crippen LogP contribution in [0.25, 0.3) is 16.7 Å². The average molecular weight is 379 g/mol. The minimum atomic E-state index is 0.220. The van der Waals surface area contributed by atoms with E-state index in [1.54, 1.807) is 6.08 Å². The molecule has 148 valence electrons. The molecule has 5 heteroatoms. The molecule has 0 saturated heterocycles. The molecular weight excluding hydrogens is 348 g/mol. The van der Waals surface area contributed by atoms with Crippen molar-refractivity contribution >= 4 is 23.4 Å². The number of carbonyl (C=O) groups is 1. The van der Waals surface area contributed by atoms with Crippen LogP contribution in [-0.4, -0.2) is 25.7 Å². The second kappa shape index (κ2) is 9.22. The first-order valence-corrected chi connectivity index (χ1v) is 9.49. The van der Waals surface area contributed by atoms with E-state index in [-0.39, 0.29) is 5.92 Å². The summed E-state index contributed by atoms with van der Waals surface area (Å²) in [5.74, 6) is 5.91. The van der Waals surface area contributed by atoms with Gasteiger partial charge < -0.3 is 16.5 Å². The highest BCUT2D eigenvalue weighted by molar-refractivity contribution is 5.99. The second-order valence-electron chi connectivity index (χ2n) is 7.20. The predicted octanol–water partition coefficient (Wildman–Crippen LogP) is 3.94. The van der Waals surface area contributed by atoms with Crippen LogP contribution in [0, 0.1) is 12.8 Å². The average Bonchev–Trinajstić information content (AvgIpc) is 2.70. The normalized spacial score (nSPS) is 12.4. The van der Waals surface area contributed by atoms with Gasteiger partial charge in [-0.3, -0.25) is 4.79 Å². The number of hydrazone groups is 1. The molecule has 5 nitrogen and oxygen atoms in total. The fourth-order valence-corrected chi connectivity index (χ4v) is 3.26. The Kier molecular flexibility index (Phi) is 6.99. The van der Waals surface area contributed by atoms with Gasteiger partial charge in [-0.15, -0.1) is 0 Å². The molecule has 4 N–H and O–H groups in total. The van der Waals surface area contributed by atoms with Gasteiger partial charge in [-0.05, 0) is 66.3 Å². The Balaban J connectivity index is 2.70. The Bertz CT molecular complexity index is 913. The summed E-state index contributed by atoms with van der Waals surface area (Å²) in [7, 11) is 2.06. The maximum Gasteiger partial charge on any atom is 0.150 e. The van der Waals surface area contributed by atoms with E-state index >= 15 is 0 Å². The third-order valence-electron chi connectivity index (χ3n) is 5.05. The molecule has 0 spiro atoms. The Morgan fingerprint density at radius 2 is 1.75 bits per heavy atom. The number of anilines is 1. The molecule has 0 aliphatic heterocycles. The number of carbonyl (C=O) groups excluding carboxylic acids is 1. The Morgan fingerprint density at radius 1 is 1.14 bits per heavy atom. The molecular formula is C23H30N4O. The van der Waals surface area contributed by atoms with Gasteiger partial charge in [-0.1, -0.05) is 32.0 Å². The van der Waals surface area contributed by atoms with Crippen LogP contribution in [-0.2, 0) is 4.79 Å². The molecule has 0 atom stereocenters. The van der Waals surface area contributed by atoms with E-state index in [1.807, 2.05) is 19.1 Å². The number of amidine groups is 1. The van der Waals surface area contributed by atoms with E-state index in [9.17, 15) is 4.79 Å². The summed E-state index contributed by atoms with van der Waals surface area (Å²) in [6, 6.07) is 12.4. The maximum atomic E-state index is 11.3. The van der Waals surface area contributed by atoms with Gasteiger partial charge in [0.15, 0.2) is 5.84 Å². The van der Waals surface area contributed by atoms with Gasteiger partial charge >= 0.3 is 0 Å². The number of hydrogen-bond acceptors (Lipinski definition) is 4. The monoisotopic (exact) mass is 378 g/mol. The first kappa shape index (κ1) is 21.2. The van der Waals surface area contributed by atoms with E-state index in [1.165, 1.54) is 0 Å². The van der Waals surface area contributed by atoms with Gasteiger partial charge in [0.1, 0.15) is 6.29 Å². The number of aldehydes is 1. The summed E-state index contributed by atoms with van der Waals surface area (Å²) in [5.41, 5.74) is 13.0. The lowest BCUT2D eigenvalue weighted by Crippen LogP contribution is -2.18. The van der Waals surface area contributed by atoms with Crippen molar-refractivity contribution in [3.8, 4) is 11.1 Å². The van der Waals surface area contributed by atoms with E-state index < -0.39 is 0 Å². The topological polar surface area (TPSA) is 84.7 Å². The van der Waals surface area contributed by atoms with Gasteiger partial charge in [0, 0.05) is 30.4 Å². The maximum absolute atomic E-state index is 11.3. The zero-order valence-corrected chi connectivity index (χ0v) is 17.4. The molecule has 0 amide bonds. The predicted molar refractivity (Wildman–Crippen MR) is 119 cm³/mol. The molecule has 0 radical (unpaired) electrons. The zero-order chi connectivity index (χ0) is 20.8. The molecule has 0 saturated carbocycles. The summed E-state index contributed by atoms with van der Waals surface area (Å²) in [4.78, 5) is 13.4. The van der Waals surface area contributed by atoms with Gasteiger partial charge in [0.2, 0.25) is 0 Å². The van der Waals surface area contributed by atoms with Crippen molar-refractivity contribution in [1.82, 2.24) is 0 Å². The molecule has 2 aromatic rings. The number of rotatable bonds is 7. The third kappa shape index (κ3) is 4.42. The SMILES string of the molecule is CCN(C)c1ccc(-c2ccc(C)c(/C(N)=N/N)c2)cc1/C(=C\C=O)C(C)C. The molecule has 0 aliphatic rings. The molecule has 0 bridgehead atoms. The van der Waals surface area contributed by atoms with Crippen LogP contribution in [0.3, 0.4) is 0 Å². The van der Waals surface area contributed by atoms with Crippen molar-refractivity contribution in [2.24, 2.45) is 22.6 Å². The van der Waals surface area contributed by atoms with Gasteiger partial charge in [0.25, 0.3) is 0 Å². The molecule has 2 aromatic carbocycles. The van der Waals surface area contributed by atoms with Crippen LogP contribution in [0.5, 0.6) is 0 Å². The number of nitrogens with zero attached hydrogens (tertiary/aromatic N) is 2. The summed E-state index contributed by atoms with van der Waals surface area (Å²) in [6.45, 7) is 9.15. The van der Waals surface area contributed by atoms with Crippen molar-refractivity contribution in [3.05, 3.63) is 59.2 Å². The molecule has 0 aliphatic carbocycles. The first-order chi connectivity index (χ1) is 13.3. The van der Waals surface area contributed by atoms with Crippen molar-refractivity contribution in [3.63, 3.8) is 0 Å². The summed E-state index contributed by atoms with van der Waals surface area (Å²) >= 11 is 0. The summed E-state index contributed by atoms with van der Waals surface area (Å²) in [5, 5.41) is 3.64. The molecule has 0 heterocycles. The van der Waals surface area contributed by atoms with Crippen molar-refractivity contribution in [1.29, 1.82) is 0 Å². The van der Waals surface area contributed by atoms with E-state index in [0.29, 0.717) is 5.84 Å². The van der Waals surface area contributed by atoms with Crippen LogP contribution in [0.1, 0.15) is 37.5 Å². The van der Waals surface area contributed by atoms with Crippen LogP contribution in [0.15, 0.2) is 47.6 Å². The van der Waals surface area contributed by atoms with E-state index in [0.717, 1.165) is 51.9 Å². The van der Waals surface area contributed by atoms with Crippen LogP contribution >= 0.6 is 0 Å². The molecule has 0 aromatic heterocycles. The summed E-state index contributed by atoms with van der Waals surface area (Å²) in [6.07, 6.45) is 2.52. The number of allylic oxidation sites excluding steroid dienone is 2. The van der Waals surface area contributed by atoms with Gasteiger partial charge in [-0.2, -0.15) is 5.10 Å². The van der Waals surface area contributed by atoms with Crippen LogP contribution in [0.4, 0.5) is 5.69 Å². The largest absolute Gasteiger partial charge is 0.382 e. The highest BCUT2D eigenvalue weighted by Crippen LogP contribution is 2.35. The third-order valence-corrected chi connectivity index (χ3v) is 5.05. The Hall–Kier alpha value is -3.08. The number of aryl methyl sites for hydroxylation is 1. The minimum Gasteiger partial charge on any atom is -0.382 e. The number of nitrogens with two attached hydrogens (primary N) is 2. The zero-order valence-electron chi connectivity index (χ0n) is 17.4. The van der Waals surface area contributed by atoms with E-state index in [4.69, 9.17) is 11.6 Å². The Morgan fingerprint density at radius 3 is 2.29 bits per heavy atom. The molecule has 0 unspecified atom stereocenters. The first-order valence-electron chi connectivity index (χ1n) is 9.49. The standard InChI is InChI=1S/C23H30N4O/c1-6-27(5)22-10-9-18(14-21(22)19(11-12-28)15(2)3)17-8-7-16(4)20(13-17)23(24)26-25/h7-15H,6,25H2,1-5H3,(H2,24,26)/b19-11-. The highest BCUT2D eigenvalue weighted by atomic mass is 16.1. The van der Waals surface area contributed by atoms with Crippen LogP contribution in [0.2, 0.25) is 0 Å². The lowest BCUT2D eigenvalue weighted by molar-refractivity contribution is -0.104. The Labute approximate surface area is 167 Å². The fraction of sp³-hybridized carbons (Fsp3) is 0.304. The molecule has 2 rings (SSSR count). The second-order valence-corrected chi connectivity index (χ2v) is 7.20. The van der Waals surface area contributed by atoms with Crippen molar-refractivity contribution in [2.45, 2.75) is 27.7 Å². The fourth-order valence-electron chi connectivity index (χ4n) is 3.26. The van der Waals surface area contributed by atoms with Crippen LogP contribution < -0.4 is 16.5 Å². The molecule has 28 heavy (non-hydrogen) atoms. The highest BCUT2D eigenvalue weighted by Gasteiger charge is 2.16. The smallest absolute Gasteiger partial charge is 0.150 e. The number of hydrogen-bond donors (Lipinski definition) is 2. The minimum absolute atomic E-state index is 0.220.